The minimum atomic E-state index is -1.19. The van der Waals surface area contributed by atoms with E-state index in [2.05, 4.69) is 20.3 Å². The SMILES string of the molecule is Cc1cc(Nc2nccc(C(N)=O)n2)cc(-c2cnc([C@@]3(O)CC[C@](C)(C(=O)O)C(C)(C)C3)s2)c1. The van der Waals surface area contributed by atoms with Crippen molar-refractivity contribution in [2.45, 2.75) is 52.6 Å². The molecule has 0 radical (unpaired) electrons. The molecular formula is C25H29N5O4S. The van der Waals surface area contributed by atoms with E-state index in [4.69, 9.17) is 5.73 Å². The number of hydrogen-bond acceptors (Lipinski definition) is 8. The predicted molar refractivity (Wildman–Crippen MR) is 133 cm³/mol. The van der Waals surface area contributed by atoms with Gasteiger partial charge in [-0.2, -0.15) is 0 Å². The highest BCUT2D eigenvalue weighted by Crippen LogP contribution is 2.56. The van der Waals surface area contributed by atoms with Crippen LogP contribution in [-0.4, -0.2) is 37.0 Å². The van der Waals surface area contributed by atoms with Crippen molar-refractivity contribution >= 4 is 34.8 Å². The first-order valence-corrected chi connectivity index (χ1v) is 12.1. The smallest absolute Gasteiger partial charge is 0.309 e. The lowest BCUT2D eigenvalue weighted by Crippen LogP contribution is -2.51. The summed E-state index contributed by atoms with van der Waals surface area (Å²) in [5.74, 6) is -1.22. The zero-order valence-electron chi connectivity index (χ0n) is 20.1. The monoisotopic (exact) mass is 495 g/mol. The molecule has 5 N–H and O–H groups in total. The summed E-state index contributed by atoms with van der Waals surface area (Å²) in [6, 6.07) is 7.31. The third-order valence-electron chi connectivity index (χ3n) is 7.17. The first kappa shape index (κ1) is 24.7. The van der Waals surface area contributed by atoms with Crippen molar-refractivity contribution in [3.63, 3.8) is 0 Å². The summed E-state index contributed by atoms with van der Waals surface area (Å²) in [4.78, 5) is 37.1. The van der Waals surface area contributed by atoms with Crippen LogP contribution in [0.5, 0.6) is 0 Å². The van der Waals surface area contributed by atoms with Gasteiger partial charge >= 0.3 is 5.97 Å². The Hall–Kier alpha value is -3.37. The zero-order valence-corrected chi connectivity index (χ0v) is 20.9. The van der Waals surface area contributed by atoms with Gasteiger partial charge in [0.15, 0.2) is 0 Å². The lowest BCUT2D eigenvalue weighted by Gasteiger charge is -2.50. The number of hydrogen-bond donors (Lipinski definition) is 4. The van der Waals surface area contributed by atoms with Gasteiger partial charge in [-0.3, -0.25) is 9.59 Å². The number of rotatable bonds is 6. The Morgan fingerprint density at radius 3 is 2.54 bits per heavy atom. The van der Waals surface area contributed by atoms with Crippen molar-refractivity contribution in [1.82, 2.24) is 15.0 Å². The Morgan fingerprint density at radius 1 is 1.14 bits per heavy atom. The number of nitrogens with two attached hydrogens (primary N) is 1. The van der Waals surface area contributed by atoms with E-state index in [0.29, 0.717) is 24.3 Å². The van der Waals surface area contributed by atoms with Crippen LogP contribution in [0.25, 0.3) is 10.4 Å². The van der Waals surface area contributed by atoms with Crippen LogP contribution in [0, 0.1) is 17.8 Å². The third kappa shape index (κ3) is 4.63. The van der Waals surface area contributed by atoms with Crippen LogP contribution in [-0.2, 0) is 10.4 Å². The Bertz CT molecular complexity index is 1310. The van der Waals surface area contributed by atoms with Gasteiger partial charge in [0.05, 0.1) is 10.3 Å². The minimum absolute atomic E-state index is 0.116. The number of aliphatic carboxylic acids is 1. The van der Waals surface area contributed by atoms with Gasteiger partial charge in [-0.05, 0) is 67.9 Å². The summed E-state index contributed by atoms with van der Waals surface area (Å²) >= 11 is 1.40. The summed E-state index contributed by atoms with van der Waals surface area (Å²) in [7, 11) is 0. The predicted octanol–water partition coefficient (Wildman–Crippen LogP) is 4.24. The maximum atomic E-state index is 11.9. The molecule has 0 bridgehead atoms. The van der Waals surface area contributed by atoms with Crippen LogP contribution in [0.2, 0.25) is 0 Å². The molecule has 2 aromatic heterocycles. The molecule has 10 heteroatoms. The van der Waals surface area contributed by atoms with Crippen LogP contribution in [0.15, 0.2) is 36.7 Å². The maximum absolute atomic E-state index is 11.9. The van der Waals surface area contributed by atoms with Crippen LogP contribution >= 0.6 is 11.3 Å². The topological polar surface area (TPSA) is 151 Å². The van der Waals surface area contributed by atoms with Crippen molar-refractivity contribution in [2.75, 3.05) is 5.32 Å². The zero-order chi connectivity index (χ0) is 25.6. The normalized spacial score (nSPS) is 23.6. The average Bonchev–Trinajstić information content (AvgIpc) is 3.27. The Kier molecular flexibility index (Phi) is 6.14. The number of carbonyl (C=O) groups is 2. The van der Waals surface area contributed by atoms with Crippen molar-refractivity contribution < 1.29 is 19.8 Å². The molecule has 2 heterocycles. The molecule has 1 aliphatic rings. The molecule has 0 spiro atoms. The van der Waals surface area contributed by atoms with E-state index in [0.717, 1.165) is 21.7 Å². The van der Waals surface area contributed by atoms with Gasteiger partial charge in [0.2, 0.25) is 5.95 Å². The highest BCUT2D eigenvalue weighted by molar-refractivity contribution is 7.15. The molecule has 3 aromatic rings. The van der Waals surface area contributed by atoms with Gasteiger partial charge in [-0.1, -0.05) is 19.9 Å². The second-order valence-corrected chi connectivity index (χ2v) is 11.1. The highest BCUT2D eigenvalue weighted by atomic mass is 32.1. The summed E-state index contributed by atoms with van der Waals surface area (Å²) in [5, 5.41) is 25.0. The van der Waals surface area contributed by atoms with Gasteiger partial charge in [-0.25, -0.2) is 15.0 Å². The number of primary amides is 1. The summed E-state index contributed by atoms with van der Waals surface area (Å²) in [6.07, 6.45) is 4.20. The molecule has 1 fully saturated rings. The highest BCUT2D eigenvalue weighted by Gasteiger charge is 2.56. The summed E-state index contributed by atoms with van der Waals surface area (Å²) < 4.78 is 0. The number of thiazole rings is 1. The van der Waals surface area contributed by atoms with Crippen LogP contribution < -0.4 is 11.1 Å². The second-order valence-electron chi connectivity index (χ2n) is 10.1. The van der Waals surface area contributed by atoms with E-state index in [1.54, 1.807) is 13.1 Å². The van der Waals surface area contributed by atoms with E-state index in [9.17, 15) is 19.8 Å². The van der Waals surface area contributed by atoms with E-state index < -0.39 is 28.3 Å². The first-order valence-electron chi connectivity index (χ1n) is 11.3. The van der Waals surface area contributed by atoms with Crippen LogP contribution in [0.1, 0.15) is 61.1 Å². The van der Waals surface area contributed by atoms with Crippen molar-refractivity contribution in [3.05, 3.63) is 52.9 Å². The molecule has 35 heavy (non-hydrogen) atoms. The minimum Gasteiger partial charge on any atom is -0.481 e. The van der Waals surface area contributed by atoms with E-state index >= 15 is 0 Å². The fraction of sp³-hybridized carbons (Fsp3) is 0.400. The largest absolute Gasteiger partial charge is 0.481 e. The van der Waals surface area contributed by atoms with Gasteiger partial charge in [0.25, 0.3) is 5.91 Å². The number of anilines is 2. The number of nitrogens with zero attached hydrogens (tertiary/aromatic N) is 3. The van der Waals surface area contributed by atoms with Crippen molar-refractivity contribution in [2.24, 2.45) is 16.6 Å². The second kappa shape index (κ2) is 8.69. The average molecular weight is 496 g/mol. The Labute approximate surface area is 207 Å². The molecule has 4 rings (SSSR count). The quantitative estimate of drug-likeness (QED) is 0.396. The molecule has 1 amide bonds. The molecule has 0 saturated heterocycles. The molecule has 0 aliphatic heterocycles. The number of carboxylic acid groups (broad SMARTS) is 1. The molecule has 184 valence electrons. The van der Waals surface area contributed by atoms with Crippen molar-refractivity contribution in [3.8, 4) is 10.4 Å². The Morgan fingerprint density at radius 2 is 1.89 bits per heavy atom. The van der Waals surface area contributed by atoms with Gasteiger partial charge in [-0.15, -0.1) is 11.3 Å². The fourth-order valence-electron chi connectivity index (χ4n) is 4.69. The maximum Gasteiger partial charge on any atom is 0.309 e. The van der Waals surface area contributed by atoms with E-state index in [1.807, 2.05) is 39.0 Å². The summed E-state index contributed by atoms with van der Waals surface area (Å²) in [6.45, 7) is 7.51. The third-order valence-corrected chi connectivity index (χ3v) is 8.41. The van der Waals surface area contributed by atoms with Gasteiger partial charge in [0.1, 0.15) is 16.3 Å². The number of benzene rings is 1. The first-order chi connectivity index (χ1) is 16.3. The van der Waals surface area contributed by atoms with Gasteiger partial charge < -0.3 is 21.3 Å². The van der Waals surface area contributed by atoms with E-state index in [1.165, 1.54) is 23.6 Å². The number of amides is 1. The Balaban J connectivity index is 1.61. The lowest BCUT2D eigenvalue weighted by molar-refractivity contribution is -0.170. The molecule has 9 nitrogen and oxygen atoms in total. The van der Waals surface area contributed by atoms with Crippen molar-refractivity contribution in [1.29, 1.82) is 0 Å². The number of carboxylic acids is 1. The van der Waals surface area contributed by atoms with Crippen LogP contribution in [0.3, 0.4) is 0 Å². The molecule has 1 aliphatic carbocycles. The standard InChI is InChI=1S/C25H29N5O4S/c1-14-9-15(11-16(10-14)29-22-27-8-5-17(30-22)19(26)31)18-12-28-20(35-18)25(34)7-6-24(4,21(32)33)23(2,3)13-25/h5,8-12,34H,6-7,13H2,1-4H3,(H2,26,31)(H,32,33)(H,27,29,30)/t24-,25-/m1/s1. The molecule has 0 unspecified atom stereocenters. The summed E-state index contributed by atoms with van der Waals surface area (Å²) in [5.41, 5.74) is 5.33. The number of aliphatic hydroxyl groups is 1. The van der Waals surface area contributed by atoms with Gasteiger partial charge in [0, 0.05) is 18.1 Å². The number of nitrogens with one attached hydrogen (secondary N) is 1. The molecular weight excluding hydrogens is 466 g/mol. The van der Waals surface area contributed by atoms with E-state index in [-0.39, 0.29) is 11.6 Å². The molecule has 1 saturated carbocycles. The number of aromatic nitrogens is 3. The number of carbonyl (C=O) groups excluding carboxylic acids is 1. The fourth-order valence-corrected chi connectivity index (χ4v) is 5.71. The molecule has 1 aromatic carbocycles. The lowest BCUT2D eigenvalue weighted by atomic mass is 9.55. The van der Waals surface area contributed by atoms with Crippen LogP contribution in [0.4, 0.5) is 11.6 Å². The molecule has 2 atom stereocenters. The number of aryl methyl sites for hydroxylation is 1.